The van der Waals surface area contributed by atoms with E-state index >= 15 is 0 Å². The molecule has 1 N–H and O–H groups in total. The Morgan fingerprint density at radius 3 is 2.73 bits per heavy atom. The number of aryl methyl sites for hydroxylation is 1. The Balaban J connectivity index is 2.58. The largest absolute Gasteiger partial charge is 0.348 e. The van der Waals surface area contributed by atoms with E-state index in [-0.39, 0.29) is 0 Å². The highest BCUT2D eigenvalue weighted by molar-refractivity contribution is 5.01. The third-order valence-electron chi connectivity index (χ3n) is 1.64. The standard InChI is InChI=1S/C9H16N2/c1-4-9-10-6-8(11-9)5-7(2)3/h6-7H,4-5H2,1-3H3,(H,10,11). The molecule has 1 heterocycles. The second-order valence-electron chi connectivity index (χ2n) is 3.29. The van der Waals surface area contributed by atoms with Gasteiger partial charge in [-0.05, 0) is 12.3 Å². The average molecular weight is 152 g/mol. The van der Waals surface area contributed by atoms with E-state index in [2.05, 4.69) is 30.7 Å². The van der Waals surface area contributed by atoms with E-state index in [1.54, 1.807) is 0 Å². The van der Waals surface area contributed by atoms with Crippen LogP contribution in [-0.2, 0) is 12.8 Å². The van der Waals surface area contributed by atoms with Gasteiger partial charge in [0.25, 0.3) is 0 Å². The molecule has 0 unspecified atom stereocenters. The second-order valence-corrected chi connectivity index (χ2v) is 3.29. The van der Waals surface area contributed by atoms with Gasteiger partial charge in [0, 0.05) is 12.6 Å². The third-order valence-corrected chi connectivity index (χ3v) is 1.64. The minimum absolute atomic E-state index is 0.697. The SMILES string of the molecule is CCc1nc(CC(C)C)c[nH]1. The normalized spacial score (nSPS) is 10.9. The van der Waals surface area contributed by atoms with E-state index in [0.717, 1.165) is 18.7 Å². The fraction of sp³-hybridized carbons (Fsp3) is 0.667. The third kappa shape index (κ3) is 2.37. The molecule has 0 amide bonds. The Morgan fingerprint density at radius 2 is 2.27 bits per heavy atom. The summed E-state index contributed by atoms with van der Waals surface area (Å²) in [5.41, 5.74) is 1.19. The number of nitrogens with zero attached hydrogens (tertiary/aromatic N) is 1. The van der Waals surface area contributed by atoms with Crippen LogP contribution >= 0.6 is 0 Å². The van der Waals surface area contributed by atoms with Crippen LogP contribution in [0.5, 0.6) is 0 Å². The van der Waals surface area contributed by atoms with Crippen LogP contribution in [-0.4, -0.2) is 9.97 Å². The van der Waals surface area contributed by atoms with Crippen LogP contribution < -0.4 is 0 Å². The summed E-state index contributed by atoms with van der Waals surface area (Å²) in [5.74, 6) is 1.80. The van der Waals surface area contributed by atoms with Gasteiger partial charge in [0.05, 0.1) is 5.69 Å². The summed E-state index contributed by atoms with van der Waals surface area (Å²) >= 11 is 0. The van der Waals surface area contributed by atoms with Crippen LogP contribution in [0.15, 0.2) is 6.20 Å². The summed E-state index contributed by atoms with van der Waals surface area (Å²) in [6.45, 7) is 6.53. The van der Waals surface area contributed by atoms with Gasteiger partial charge in [-0.25, -0.2) is 4.98 Å². The Bertz CT molecular complexity index is 213. The number of rotatable bonds is 3. The lowest BCUT2D eigenvalue weighted by molar-refractivity contribution is 0.636. The quantitative estimate of drug-likeness (QED) is 0.706. The number of imidazole rings is 1. The van der Waals surface area contributed by atoms with Gasteiger partial charge >= 0.3 is 0 Å². The van der Waals surface area contributed by atoms with Gasteiger partial charge in [-0.2, -0.15) is 0 Å². The molecule has 11 heavy (non-hydrogen) atoms. The fourth-order valence-corrected chi connectivity index (χ4v) is 1.11. The number of nitrogens with one attached hydrogen (secondary N) is 1. The fourth-order valence-electron chi connectivity index (χ4n) is 1.11. The van der Waals surface area contributed by atoms with Crippen molar-refractivity contribution in [2.24, 2.45) is 5.92 Å². The van der Waals surface area contributed by atoms with Crippen LogP contribution in [0.1, 0.15) is 32.3 Å². The maximum atomic E-state index is 4.41. The zero-order valence-electron chi connectivity index (χ0n) is 7.52. The minimum Gasteiger partial charge on any atom is -0.348 e. The minimum atomic E-state index is 0.697. The van der Waals surface area contributed by atoms with Crippen LogP contribution in [0.4, 0.5) is 0 Å². The molecule has 0 bridgehead atoms. The molecule has 2 heteroatoms. The van der Waals surface area contributed by atoms with Gasteiger partial charge in [-0.15, -0.1) is 0 Å². The van der Waals surface area contributed by atoms with Crippen molar-refractivity contribution in [3.8, 4) is 0 Å². The van der Waals surface area contributed by atoms with Crippen LogP contribution in [0.2, 0.25) is 0 Å². The van der Waals surface area contributed by atoms with Gasteiger partial charge < -0.3 is 4.98 Å². The molecule has 0 aliphatic heterocycles. The molecule has 1 rings (SSSR count). The molecule has 0 radical (unpaired) electrons. The van der Waals surface area contributed by atoms with Crippen molar-refractivity contribution in [2.75, 3.05) is 0 Å². The Hall–Kier alpha value is -0.790. The molecule has 62 valence electrons. The lowest BCUT2D eigenvalue weighted by Crippen LogP contribution is -1.94. The van der Waals surface area contributed by atoms with Gasteiger partial charge in [0.2, 0.25) is 0 Å². The lowest BCUT2D eigenvalue weighted by Gasteiger charge is -1.98. The van der Waals surface area contributed by atoms with Crippen molar-refractivity contribution in [3.05, 3.63) is 17.7 Å². The van der Waals surface area contributed by atoms with E-state index in [4.69, 9.17) is 0 Å². The molecular formula is C9H16N2. The first-order valence-corrected chi connectivity index (χ1v) is 4.25. The molecule has 0 saturated heterocycles. The van der Waals surface area contributed by atoms with Crippen molar-refractivity contribution in [1.29, 1.82) is 0 Å². The van der Waals surface area contributed by atoms with Gasteiger partial charge in [0.1, 0.15) is 5.82 Å². The molecule has 0 aromatic carbocycles. The highest BCUT2D eigenvalue weighted by Gasteiger charge is 2.01. The molecule has 0 spiro atoms. The van der Waals surface area contributed by atoms with Crippen molar-refractivity contribution in [1.82, 2.24) is 9.97 Å². The number of aromatic nitrogens is 2. The predicted molar refractivity (Wildman–Crippen MR) is 46.5 cm³/mol. The van der Waals surface area contributed by atoms with Crippen LogP contribution in [0, 0.1) is 5.92 Å². The van der Waals surface area contributed by atoms with Crippen molar-refractivity contribution in [3.63, 3.8) is 0 Å². The van der Waals surface area contributed by atoms with Crippen molar-refractivity contribution in [2.45, 2.75) is 33.6 Å². The number of hydrogen-bond acceptors (Lipinski definition) is 1. The molecule has 2 nitrogen and oxygen atoms in total. The topological polar surface area (TPSA) is 28.7 Å². The van der Waals surface area contributed by atoms with Crippen molar-refractivity contribution < 1.29 is 0 Å². The smallest absolute Gasteiger partial charge is 0.106 e. The van der Waals surface area contributed by atoms with Gasteiger partial charge in [-0.1, -0.05) is 20.8 Å². The summed E-state index contributed by atoms with van der Waals surface area (Å²) in [4.78, 5) is 7.56. The van der Waals surface area contributed by atoms with Crippen LogP contribution in [0.25, 0.3) is 0 Å². The zero-order valence-corrected chi connectivity index (χ0v) is 7.52. The first-order chi connectivity index (χ1) is 5.22. The Labute approximate surface area is 68.0 Å². The maximum absolute atomic E-state index is 4.41. The number of aromatic amines is 1. The summed E-state index contributed by atoms with van der Waals surface area (Å²) < 4.78 is 0. The van der Waals surface area contributed by atoms with E-state index in [0.29, 0.717) is 5.92 Å². The first-order valence-electron chi connectivity index (χ1n) is 4.25. The van der Waals surface area contributed by atoms with E-state index < -0.39 is 0 Å². The first kappa shape index (κ1) is 8.31. The molecule has 1 aromatic heterocycles. The molecule has 0 aliphatic carbocycles. The van der Waals surface area contributed by atoms with E-state index in [1.165, 1.54) is 5.69 Å². The summed E-state index contributed by atoms with van der Waals surface area (Å²) in [5, 5.41) is 0. The zero-order chi connectivity index (χ0) is 8.27. The molecule has 0 aliphatic rings. The molecule has 0 fully saturated rings. The van der Waals surface area contributed by atoms with E-state index in [9.17, 15) is 0 Å². The van der Waals surface area contributed by atoms with E-state index in [1.807, 2.05) is 6.20 Å². The Kier molecular flexibility index (Phi) is 2.69. The van der Waals surface area contributed by atoms with Gasteiger partial charge in [-0.3, -0.25) is 0 Å². The van der Waals surface area contributed by atoms with Gasteiger partial charge in [0.15, 0.2) is 0 Å². The highest BCUT2D eigenvalue weighted by atomic mass is 14.9. The summed E-state index contributed by atoms with van der Waals surface area (Å²) in [7, 11) is 0. The predicted octanol–water partition coefficient (Wildman–Crippen LogP) is 2.17. The second kappa shape index (κ2) is 3.56. The molecule has 1 aromatic rings. The summed E-state index contributed by atoms with van der Waals surface area (Å²) in [6, 6.07) is 0. The lowest BCUT2D eigenvalue weighted by atomic mass is 10.1. The average Bonchev–Trinajstić information content (AvgIpc) is 2.34. The molecular weight excluding hydrogens is 136 g/mol. The Morgan fingerprint density at radius 1 is 1.55 bits per heavy atom. The monoisotopic (exact) mass is 152 g/mol. The van der Waals surface area contributed by atoms with Crippen molar-refractivity contribution >= 4 is 0 Å². The maximum Gasteiger partial charge on any atom is 0.106 e. The number of hydrogen-bond donors (Lipinski definition) is 1. The number of H-pyrrole nitrogens is 1. The van der Waals surface area contributed by atoms with Crippen LogP contribution in [0.3, 0.4) is 0 Å². The molecule has 0 atom stereocenters. The summed E-state index contributed by atoms with van der Waals surface area (Å²) in [6.07, 6.45) is 4.09. The highest BCUT2D eigenvalue weighted by Crippen LogP contribution is 2.05. The molecule has 0 saturated carbocycles.